The molecule has 3 atom stereocenters. The molecule has 1 saturated heterocycles. The Labute approximate surface area is 231 Å². The number of fused-ring (bicyclic) bond motifs is 1. The molecule has 4 aromatic rings. The van der Waals surface area contributed by atoms with E-state index in [0.717, 1.165) is 36.9 Å². The number of ether oxygens (including phenoxy) is 1. The zero-order chi connectivity index (χ0) is 28.0. The smallest absolute Gasteiger partial charge is 0.136 e. The largest absolute Gasteiger partial charge is 0.391 e. The Morgan fingerprint density at radius 2 is 1.85 bits per heavy atom. The maximum Gasteiger partial charge on any atom is 0.136 e. The van der Waals surface area contributed by atoms with Gasteiger partial charge in [0.1, 0.15) is 17.5 Å². The zero-order valence-electron chi connectivity index (χ0n) is 22.7. The second kappa shape index (κ2) is 10.5. The Kier molecular flexibility index (Phi) is 7.02. The molecule has 1 aromatic carbocycles. The summed E-state index contributed by atoms with van der Waals surface area (Å²) in [5.74, 6) is -0.703. The van der Waals surface area contributed by atoms with Crippen LogP contribution in [-0.4, -0.2) is 57.0 Å². The van der Waals surface area contributed by atoms with E-state index in [4.69, 9.17) is 10.5 Å². The van der Waals surface area contributed by atoms with E-state index in [1.165, 1.54) is 12.1 Å². The third-order valence-corrected chi connectivity index (χ3v) is 8.61. The molecule has 8 nitrogen and oxygen atoms in total. The number of benzene rings is 1. The summed E-state index contributed by atoms with van der Waals surface area (Å²) in [6.45, 7) is 3.17. The molecule has 4 heterocycles. The van der Waals surface area contributed by atoms with Crippen LogP contribution in [0.5, 0.6) is 0 Å². The fourth-order valence-electron chi connectivity index (χ4n) is 6.37. The predicted molar refractivity (Wildman–Crippen MR) is 148 cm³/mol. The van der Waals surface area contributed by atoms with Crippen LogP contribution < -0.4 is 10.6 Å². The average molecular weight is 549 g/mol. The van der Waals surface area contributed by atoms with Crippen molar-refractivity contribution in [2.24, 2.45) is 11.7 Å². The first-order valence-corrected chi connectivity index (χ1v) is 13.8. The summed E-state index contributed by atoms with van der Waals surface area (Å²) < 4.78 is 38.3. The molecule has 1 aliphatic carbocycles. The number of nitrogens with zero attached hydrogens (tertiary/aromatic N) is 5. The van der Waals surface area contributed by atoms with Crippen molar-refractivity contribution in [2.75, 3.05) is 25.1 Å². The lowest BCUT2D eigenvalue weighted by molar-refractivity contribution is -0.00914. The molecule has 1 saturated carbocycles. The van der Waals surface area contributed by atoms with Gasteiger partial charge in [0.25, 0.3) is 0 Å². The molecule has 0 radical (unpaired) electrons. The van der Waals surface area contributed by atoms with Crippen molar-refractivity contribution >= 4 is 11.2 Å². The second-order valence-electron chi connectivity index (χ2n) is 11.2. The molecule has 2 aliphatic rings. The molecule has 6 rings (SSSR count). The monoisotopic (exact) mass is 548 g/mol. The van der Waals surface area contributed by atoms with E-state index in [2.05, 4.69) is 20.0 Å². The van der Waals surface area contributed by atoms with Crippen molar-refractivity contribution in [3.8, 4) is 11.3 Å². The minimum Gasteiger partial charge on any atom is -0.391 e. The van der Waals surface area contributed by atoms with Crippen LogP contribution in [0.3, 0.4) is 0 Å². The highest BCUT2D eigenvalue weighted by atomic mass is 19.1. The van der Waals surface area contributed by atoms with Crippen molar-refractivity contribution in [1.29, 1.82) is 0 Å². The molecule has 2 fully saturated rings. The zero-order valence-corrected chi connectivity index (χ0v) is 22.7. The molecule has 0 amide bonds. The van der Waals surface area contributed by atoms with E-state index in [-0.39, 0.29) is 23.2 Å². The second-order valence-corrected chi connectivity index (χ2v) is 11.2. The van der Waals surface area contributed by atoms with Crippen molar-refractivity contribution in [1.82, 2.24) is 19.6 Å². The SMILES string of the molecule is COC1(c2cc(F)c(-c3ccc4cnc(Cc5cnccc5N5C[C@@H](N)[C@H](O)[C@@H](C)C5)n4n3)c(F)c2)CCCC1. The summed E-state index contributed by atoms with van der Waals surface area (Å²) in [7, 11) is 1.60. The van der Waals surface area contributed by atoms with Crippen LogP contribution in [-0.2, 0) is 16.8 Å². The average Bonchev–Trinajstić information content (AvgIpc) is 3.59. The summed E-state index contributed by atoms with van der Waals surface area (Å²) in [5, 5.41) is 14.9. The van der Waals surface area contributed by atoms with E-state index >= 15 is 8.78 Å². The molecule has 0 spiro atoms. The van der Waals surface area contributed by atoms with Crippen LogP contribution in [0.1, 0.15) is 49.6 Å². The number of hydrogen-bond donors (Lipinski definition) is 2. The number of aromatic nitrogens is 4. The molecule has 210 valence electrons. The van der Waals surface area contributed by atoms with Gasteiger partial charge in [-0.05, 0) is 48.7 Å². The number of methoxy groups -OCH3 is 1. The normalized spacial score (nSPS) is 22.8. The Morgan fingerprint density at radius 3 is 2.55 bits per heavy atom. The molecular weight excluding hydrogens is 514 g/mol. The topological polar surface area (TPSA) is 102 Å². The summed E-state index contributed by atoms with van der Waals surface area (Å²) in [6, 6.07) is 7.72. The Morgan fingerprint density at radius 1 is 1.10 bits per heavy atom. The van der Waals surface area contributed by atoms with E-state index in [0.29, 0.717) is 36.4 Å². The molecule has 3 aromatic heterocycles. The Hall–Kier alpha value is -3.47. The first kappa shape index (κ1) is 26.7. The summed E-state index contributed by atoms with van der Waals surface area (Å²) in [5.41, 5.74) is 8.69. The van der Waals surface area contributed by atoms with Crippen LogP contribution >= 0.6 is 0 Å². The van der Waals surface area contributed by atoms with Crippen LogP contribution in [0.2, 0.25) is 0 Å². The van der Waals surface area contributed by atoms with Gasteiger partial charge in [-0.25, -0.2) is 18.3 Å². The van der Waals surface area contributed by atoms with Gasteiger partial charge in [-0.15, -0.1) is 0 Å². The lowest BCUT2D eigenvalue weighted by atomic mass is 9.90. The minimum atomic E-state index is -0.667. The molecule has 0 bridgehead atoms. The number of anilines is 1. The van der Waals surface area contributed by atoms with E-state index in [1.807, 2.05) is 13.0 Å². The summed E-state index contributed by atoms with van der Waals surface area (Å²) in [4.78, 5) is 11.1. The predicted octanol–water partition coefficient (Wildman–Crippen LogP) is 4.22. The number of rotatable bonds is 6. The molecule has 1 aliphatic heterocycles. The molecular formula is C30H34F2N6O2. The fraction of sp³-hybridized carbons (Fsp3) is 0.433. The number of piperidine rings is 1. The van der Waals surface area contributed by atoms with Crippen LogP contribution in [0, 0.1) is 17.6 Å². The van der Waals surface area contributed by atoms with Gasteiger partial charge in [0.2, 0.25) is 0 Å². The van der Waals surface area contributed by atoms with Gasteiger partial charge >= 0.3 is 0 Å². The Bertz CT molecular complexity index is 1500. The maximum atomic E-state index is 15.5. The number of nitrogens with two attached hydrogens (primary N) is 1. The third-order valence-electron chi connectivity index (χ3n) is 8.61. The minimum absolute atomic E-state index is 0.0184. The molecule has 40 heavy (non-hydrogen) atoms. The summed E-state index contributed by atoms with van der Waals surface area (Å²) in [6.07, 6.45) is 8.46. The lowest BCUT2D eigenvalue weighted by Crippen LogP contribution is -2.55. The number of aliphatic hydroxyl groups is 1. The van der Waals surface area contributed by atoms with Crippen LogP contribution in [0.25, 0.3) is 16.8 Å². The van der Waals surface area contributed by atoms with Crippen molar-refractivity contribution in [2.45, 2.75) is 56.8 Å². The van der Waals surface area contributed by atoms with Gasteiger partial charge < -0.3 is 20.5 Å². The number of aliphatic hydroxyl groups excluding tert-OH is 1. The standard InChI is InChI=1S/C30H34F2N6O2/c1-18-16-37(17-24(33)29(18)39)26-7-10-34-14-19(26)11-27-35-15-21-5-6-25(36-38(21)27)28-22(31)12-20(13-23(28)32)30(40-2)8-3-4-9-30/h5-7,10,12-15,18,24,29,39H,3-4,8-9,11,16-17,33H2,1-2H3/t18-,24+,29+/m0/s1. The quantitative estimate of drug-likeness (QED) is 0.372. The Balaban J connectivity index is 1.34. The number of halogens is 2. The van der Waals surface area contributed by atoms with Gasteiger partial charge in [0.05, 0.1) is 34.7 Å². The molecule has 10 heteroatoms. The van der Waals surface area contributed by atoms with Gasteiger partial charge in [0, 0.05) is 62.2 Å². The fourth-order valence-corrected chi connectivity index (χ4v) is 6.37. The van der Waals surface area contributed by atoms with E-state index < -0.39 is 23.3 Å². The third kappa shape index (κ3) is 4.63. The first-order valence-electron chi connectivity index (χ1n) is 13.8. The van der Waals surface area contributed by atoms with E-state index in [9.17, 15) is 5.11 Å². The number of imidazole rings is 1. The highest BCUT2D eigenvalue weighted by molar-refractivity contribution is 5.64. The number of hydrogen-bond acceptors (Lipinski definition) is 7. The maximum absolute atomic E-state index is 15.5. The number of pyridine rings is 1. The van der Waals surface area contributed by atoms with Gasteiger partial charge in [0.15, 0.2) is 0 Å². The van der Waals surface area contributed by atoms with Crippen LogP contribution in [0.4, 0.5) is 14.5 Å². The van der Waals surface area contributed by atoms with Gasteiger partial charge in [-0.1, -0.05) is 19.8 Å². The van der Waals surface area contributed by atoms with Crippen LogP contribution in [0.15, 0.2) is 48.9 Å². The van der Waals surface area contributed by atoms with Crippen molar-refractivity contribution < 1.29 is 18.6 Å². The highest BCUT2D eigenvalue weighted by Crippen LogP contribution is 2.43. The first-order chi connectivity index (χ1) is 19.3. The van der Waals surface area contributed by atoms with Gasteiger partial charge in [-0.3, -0.25) is 4.98 Å². The summed E-state index contributed by atoms with van der Waals surface area (Å²) >= 11 is 0. The van der Waals surface area contributed by atoms with Gasteiger partial charge in [-0.2, -0.15) is 5.10 Å². The van der Waals surface area contributed by atoms with E-state index in [1.54, 1.807) is 42.3 Å². The lowest BCUT2D eigenvalue weighted by Gasteiger charge is -2.40. The highest BCUT2D eigenvalue weighted by Gasteiger charge is 2.37. The van der Waals surface area contributed by atoms with Crippen molar-refractivity contribution in [3.63, 3.8) is 0 Å². The molecule has 0 unspecified atom stereocenters. The molecule has 3 N–H and O–H groups in total. The van der Waals surface area contributed by atoms with Crippen molar-refractivity contribution in [3.05, 3.63) is 77.5 Å².